The average Bonchev–Trinajstić information content (AvgIpc) is 2.26. The number of carbonyl (C=O) groups excluding carboxylic acids is 1. The number of nitrogens with one attached hydrogen (secondary N) is 1. The molecule has 1 aromatic carbocycles. The van der Waals surface area contributed by atoms with Crippen molar-refractivity contribution >= 4 is 5.91 Å². The van der Waals surface area contributed by atoms with Crippen molar-refractivity contribution in [2.45, 2.75) is 47.1 Å². The van der Waals surface area contributed by atoms with E-state index in [4.69, 9.17) is 0 Å². The lowest BCUT2D eigenvalue weighted by Gasteiger charge is -2.15. The second-order valence-electron chi connectivity index (χ2n) is 5.63. The van der Waals surface area contributed by atoms with Crippen LogP contribution in [-0.4, -0.2) is 23.7 Å². The van der Waals surface area contributed by atoms with E-state index in [0.29, 0.717) is 13.0 Å². The third-order valence-corrected chi connectivity index (χ3v) is 3.40. The Kier molecular flexibility index (Phi) is 5.55. The van der Waals surface area contributed by atoms with Gasteiger partial charge in [-0.2, -0.15) is 0 Å². The molecule has 0 aromatic heterocycles. The predicted octanol–water partition coefficient (Wildman–Crippen LogP) is 2.75. The molecule has 1 atom stereocenters. The molecule has 19 heavy (non-hydrogen) atoms. The molecule has 0 aliphatic rings. The van der Waals surface area contributed by atoms with Gasteiger partial charge < -0.3 is 10.4 Å². The normalized spacial score (nSPS) is 12.6. The molecule has 0 saturated heterocycles. The molecule has 0 radical (unpaired) electrons. The Bertz CT molecular complexity index is 429. The summed E-state index contributed by atoms with van der Waals surface area (Å²) < 4.78 is 0. The molecule has 0 aliphatic heterocycles. The van der Waals surface area contributed by atoms with E-state index in [2.05, 4.69) is 5.32 Å². The second-order valence-corrected chi connectivity index (χ2v) is 5.63. The molecule has 0 spiro atoms. The maximum atomic E-state index is 12.2. The third-order valence-electron chi connectivity index (χ3n) is 3.40. The van der Waals surface area contributed by atoms with E-state index in [-0.39, 0.29) is 17.9 Å². The van der Waals surface area contributed by atoms with Gasteiger partial charge in [0.15, 0.2) is 0 Å². The molecule has 1 rings (SSSR count). The Morgan fingerprint density at radius 3 is 2.21 bits per heavy atom. The lowest BCUT2D eigenvalue weighted by atomic mass is 9.99. The molecule has 0 aliphatic carbocycles. The maximum absolute atomic E-state index is 12.2. The van der Waals surface area contributed by atoms with Crippen LogP contribution in [0.1, 0.15) is 47.3 Å². The SMILES string of the molecule is Cc1cc(C)c(C(=O)NCCC(O)C(C)C)c(C)c1. The Labute approximate surface area is 116 Å². The molecular formula is C16H25NO2. The van der Waals surface area contributed by atoms with Crippen LogP contribution in [0.3, 0.4) is 0 Å². The molecule has 106 valence electrons. The number of hydrogen-bond donors (Lipinski definition) is 2. The first kappa shape index (κ1) is 15.7. The van der Waals surface area contributed by atoms with Gasteiger partial charge in [-0.25, -0.2) is 0 Å². The molecule has 3 heteroatoms. The van der Waals surface area contributed by atoms with Gasteiger partial charge in [0, 0.05) is 12.1 Å². The molecule has 0 saturated carbocycles. The largest absolute Gasteiger partial charge is 0.393 e. The van der Waals surface area contributed by atoms with Crippen molar-refractivity contribution in [1.29, 1.82) is 0 Å². The van der Waals surface area contributed by atoms with Gasteiger partial charge in [-0.05, 0) is 44.2 Å². The van der Waals surface area contributed by atoms with E-state index in [0.717, 1.165) is 16.7 Å². The summed E-state index contributed by atoms with van der Waals surface area (Å²) in [7, 11) is 0. The highest BCUT2D eigenvalue weighted by Gasteiger charge is 2.14. The van der Waals surface area contributed by atoms with Gasteiger partial charge >= 0.3 is 0 Å². The number of amides is 1. The highest BCUT2D eigenvalue weighted by Crippen LogP contribution is 2.16. The van der Waals surface area contributed by atoms with Crippen LogP contribution in [-0.2, 0) is 0 Å². The van der Waals surface area contributed by atoms with Gasteiger partial charge in [-0.3, -0.25) is 4.79 Å². The van der Waals surface area contributed by atoms with Crippen LogP contribution in [0.15, 0.2) is 12.1 Å². The Morgan fingerprint density at radius 2 is 1.74 bits per heavy atom. The second kappa shape index (κ2) is 6.71. The van der Waals surface area contributed by atoms with E-state index >= 15 is 0 Å². The zero-order valence-electron chi connectivity index (χ0n) is 12.6. The Hall–Kier alpha value is -1.35. The van der Waals surface area contributed by atoms with Crippen molar-refractivity contribution in [2.75, 3.05) is 6.54 Å². The number of aliphatic hydroxyl groups excluding tert-OH is 1. The van der Waals surface area contributed by atoms with E-state index in [1.807, 2.05) is 46.8 Å². The summed E-state index contributed by atoms with van der Waals surface area (Å²) in [4.78, 5) is 12.2. The van der Waals surface area contributed by atoms with Crippen LogP contribution >= 0.6 is 0 Å². The van der Waals surface area contributed by atoms with E-state index in [9.17, 15) is 9.90 Å². The fraction of sp³-hybridized carbons (Fsp3) is 0.562. The van der Waals surface area contributed by atoms with Crippen molar-refractivity contribution in [3.8, 4) is 0 Å². The van der Waals surface area contributed by atoms with Crippen molar-refractivity contribution in [3.05, 3.63) is 34.4 Å². The summed E-state index contributed by atoms with van der Waals surface area (Å²) in [5.41, 5.74) is 3.92. The zero-order valence-corrected chi connectivity index (χ0v) is 12.6. The summed E-state index contributed by atoms with van der Waals surface area (Å²) in [5, 5.41) is 12.6. The highest BCUT2D eigenvalue weighted by atomic mass is 16.3. The standard InChI is InChI=1S/C16H25NO2/c1-10(2)14(18)6-7-17-16(19)15-12(4)8-11(3)9-13(15)5/h8-10,14,18H,6-7H2,1-5H3,(H,17,19). The van der Waals surface area contributed by atoms with E-state index in [1.165, 1.54) is 5.56 Å². The van der Waals surface area contributed by atoms with Gasteiger partial charge in [0.1, 0.15) is 0 Å². The first-order chi connectivity index (χ1) is 8.82. The predicted molar refractivity (Wildman–Crippen MR) is 78.4 cm³/mol. The molecular weight excluding hydrogens is 238 g/mol. The minimum Gasteiger partial charge on any atom is -0.393 e. The van der Waals surface area contributed by atoms with Crippen molar-refractivity contribution < 1.29 is 9.90 Å². The van der Waals surface area contributed by atoms with Crippen molar-refractivity contribution in [3.63, 3.8) is 0 Å². The summed E-state index contributed by atoms with van der Waals surface area (Å²) in [6.07, 6.45) is 0.230. The molecule has 0 bridgehead atoms. The molecule has 3 nitrogen and oxygen atoms in total. The minimum atomic E-state index is -0.361. The van der Waals surface area contributed by atoms with Gasteiger partial charge in [0.25, 0.3) is 5.91 Å². The molecule has 1 unspecified atom stereocenters. The molecule has 0 heterocycles. The Balaban J connectivity index is 2.64. The fourth-order valence-corrected chi connectivity index (χ4v) is 2.29. The number of carbonyl (C=O) groups is 1. The van der Waals surface area contributed by atoms with Crippen LogP contribution in [0.4, 0.5) is 0 Å². The smallest absolute Gasteiger partial charge is 0.251 e. The third kappa shape index (κ3) is 4.35. The fourth-order valence-electron chi connectivity index (χ4n) is 2.29. The van der Waals surface area contributed by atoms with Gasteiger partial charge in [0.2, 0.25) is 0 Å². The number of rotatable bonds is 5. The van der Waals surface area contributed by atoms with Crippen LogP contribution in [0.2, 0.25) is 0 Å². The minimum absolute atomic E-state index is 0.0500. The highest BCUT2D eigenvalue weighted by molar-refractivity contribution is 5.97. The summed E-state index contributed by atoms with van der Waals surface area (Å²) >= 11 is 0. The zero-order chi connectivity index (χ0) is 14.6. The number of aryl methyl sites for hydroxylation is 3. The van der Waals surface area contributed by atoms with E-state index in [1.54, 1.807) is 0 Å². The van der Waals surface area contributed by atoms with Crippen LogP contribution in [0.5, 0.6) is 0 Å². The quantitative estimate of drug-likeness (QED) is 0.858. The number of aliphatic hydroxyl groups is 1. The van der Waals surface area contributed by atoms with Crippen molar-refractivity contribution in [1.82, 2.24) is 5.32 Å². The molecule has 0 fully saturated rings. The van der Waals surface area contributed by atoms with Crippen LogP contribution in [0, 0.1) is 26.7 Å². The molecule has 1 amide bonds. The van der Waals surface area contributed by atoms with Crippen molar-refractivity contribution in [2.24, 2.45) is 5.92 Å². The monoisotopic (exact) mass is 263 g/mol. The lowest BCUT2D eigenvalue weighted by molar-refractivity contribution is 0.0919. The van der Waals surface area contributed by atoms with Gasteiger partial charge in [-0.15, -0.1) is 0 Å². The molecule has 2 N–H and O–H groups in total. The topological polar surface area (TPSA) is 49.3 Å². The summed E-state index contributed by atoms with van der Waals surface area (Å²) in [5.74, 6) is 0.172. The van der Waals surface area contributed by atoms with Gasteiger partial charge in [-0.1, -0.05) is 31.5 Å². The summed E-state index contributed by atoms with van der Waals surface area (Å²) in [6, 6.07) is 4.04. The first-order valence-electron chi connectivity index (χ1n) is 6.87. The van der Waals surface area contributed by atoms with E-state index < -0.39 is 0 Å². The maximum Gasteiger partial charge on any atom is 0.251 e. The number of hydrogen-bond acceptors (Lipinski definition) is 2. The average molecular weight is 263 g/mol. The lowest BCUT2D eigenvalue weighted by Crippen LogP contribution is -2.29. The number of benzene rings is 1. The summed E-state index contributed by atoms with van der Waals surface area (Å²) in [6.45, 7) is 10.4. The first-order valence-corrected chi connectivity index (χ1v) is 6.87. The Morgan fingerprint density at radius 1 is 1.21 bits per heavy atom. The van der Waals surface area contributed by atoms with Crippen LogP contribution in [0.25, 0.3) is 0 Å². The van der Waals surface area contributed by atoms with Gasteiger partial charge in [0.05, 0.1) is 6.10 Å². The van der Waals surface area contributed by atoms with Crippen LogP contribution < -0.4 is 5.32 Å². The molecule has 1 aromatic rings.